The monoisotopic (exact) mass is 418 g/mol. The number of nitrogens with zero attached hydrogens (tertiary/aromatic N) is 1. The minimum atomic E-state index is -0.148. The molecule has 0 fully saturated rings. The van der Waals surface area contributed by atoms with Crippen molar-refractivity contribution in [1.82, 2.24) is 4.98 Å². The van der Waals surface area contributed by atoms with Crippen molar-refractivity contribution in [2.45, 2.75) is 6.92 Å². The first-order chi connectivity index (χ1) is 10.5. The van der Waals surface area contributed by atoms with Crippen molar-refractivity contribution in [3.8, 4) is 0 Å². The van der Waals surface area contributed by atoms with Gasteiger partial charge in [0.25, 0.3) is 5.91 Å². The number of carbonyl (C=O) groups is 1. The van der Waals surface area contributed by atoms with Crippen LogP contribution in [0, 0.1) is 6.92 Å². The van der Waals surface area contributed by atoms with Crippen molar-refractivity contribution >= 4 is 54.4 Å². The van der Waals surface area contributed by atoms with Gasteiger partial charge in [-0.3, -0.25) is 9.78 Å². The summed E-state index contributed by atoms with van der Waals surface area (Å²) in [5, 5.41) is 3.78. The Hall–Kier alpha value is -1.72. The number of hydrogen-bond acceptors (Lipinski definition) is 2. The highest BCUT2D eigenvalue weighted by Gasteiger charge is 2.13. The maximum absolute atomic E-state index is 12.6. The first kappa shape index (κ1) is 15.2. The Morgan fingerprint density at radius 3 is 2.64 bits per heavy atom. The van der Waals surface area contributed by atoms with E-state index in [0.29, 0.717) is 5.56 Å². The van der Waals surface area contributed by atoms with Crippen LogP contribution in [0.25, 0.3) is 10.9 Å². The van der Waals surface area contributed by atoms with Gasteiger partial charge in [0.15, 0.2) is 0 Å². The quantitative estimate of drug-likeness (QED) is 0.610. The lowest BCUT2D eigenvalue weighted by Crippen LogP contribution is -2.13. The van der Waals surface area contributed by atoms with Gasteiger partial charge in [0, 0.05) is 20.0 Å². The number of pyridine rings is 1. The molecule has 2 aromatic carbocycles. The van der Waals surface area contributed by atoms with Crippen LogP contribution in [0.4, 0.5) is 5.69 Å². The topological polar surface area (TPSA) is 42.0 Å². The van der Waals surface area contributed by atoms with Gasteiger partial charge in [0.2, 0.25) is 0 Å². The fourth-order valence-corrected chi connectivity index (χ4v) is 3.42. The van der Waals surface area contributed by atoms with E-state index in [0.717, 1.165) is 31.2 Å². The lowest BCUT2D eigenvalue weighted by Gasteiger charge is -2.10. The Morgan fingerprint density at radius 1 is 1.09 bits per heavy atom. The van der Waals surface area contributed by atoms with Crippen molar-refractivity contribution < 1.29 is 4.79 Å². The van der Waals surface area contributed by atoms with Crippen molar-refractivity contribution in [3.05, 3.63) is 68.7 Å². The Morgan fingerprint density at radius 2 is 1.86 bits per heavy atom. The molecule has 1 N–H and O–H groups in total. The highest BCUT2D eigenvalue weighted by molar-refractivity contribution is 9.11. The molecular weight excluding hydrogens is 408 g/mol. The van der Waals surface area contributed by atoms with Crippen LogP contribution >= 0.6 is 31.9 Å². The summed E-state index contributed by atoms with van der Waals surface area (Å²) in [5.41, 5.74) is 2.99. The Labute approximate surface area is 145 Å². The molecule has 110 valence electrons. The third kappa shape index (κ3) is 3.05. The second-order valence-corrected chi connectivity index (χ2v) is 6.68. The highest BCUT2D eigenvalue weighted by atomic mass is 79.9. The molecule has 0 aliphatic carbocycles. The number of halogens is 2. The van der Waals surface area contributed by atoms with Crippen LogP contribution in [-0.4, -0.2) is 10.9 Å². The minimum absolute atomic E-state index is 0.148. The van der Waals surface area contributed by atoms with Gasteiger partial charge in [-0.25, -0.2) is 0 Å². The molecule has 1 heterocycles. The number of benzene rings is 2. The summed E-state index contributed by atoms with van der Waals surface area (Å²) in [7, 11) is 0. The molecule has 0 radical (unpaired) electrons. The third-order valence-electron chi connectivity index (χ3n) is 3.27. The van der Waals surface area contributed by atoms with E-state index in [1.165, 1.54) is 0 Å². The fourth-order valence-electron chi connectivity index (χ4n) is 2.28. The van der Waals surface area contributed by atoms with Gasteiger partial charge in [0.1, 0.15) is 0 Å². The molecule has 1 aromatic heterocycles. The van der Waals surface area contributed by atoms with Crippen LogP contribution in [0.5, 0.6) is 0 Å². The first-order valence-electron chi connectivity index (χ1n) is 6.67. The zero-order valence-corrected chi connectivity index (χ0v) is 14.9. The number of para-hydroxylation sites is 1. The summed E-state index contributed by atoms with van der Waals surface area (Å²) >= 11 is 6.85. The standard InChI is InChI=1S/C17H12Br2N2O/c1-10-8-13(12-4-2-3-5-15(12)20-10)17(22)21-16-7-6-11(18)9-14(16)19/h2-9H,1H3,(H,21,22). The molecule has 0 saturated heterocycles. The summed E-state index contributed by atoms with van der Waals surface area (Å²) in [4.78, 5) is 17.1. The maximum Gasteiger partial charge on any atom is 0.256 e. The van der Waals surface area contributed by atoms with E-state index >= 15 is 0 Å². The zero-order valence-electron chi connectivity index (χ0n) is 11.7. The summed E-state index contributed by atoms with van der Waals surface area (Å²) in [6, 6.07) is 15.1. The number of nitrogens with one attached hydrogen (secondary N) is 1. The predicted octanol–water partition coefficient (Wildman–Crippen LogP) is 5.32. The largest absolute Gasteiger partial charge is 0.321 e. The third-order valence-corrected chi connectivity index (χ3v) is 4.42. The van der Waals surface area contributed by atoms with Gasteiger partial charge in [-0.1, -0.05) is 34.1 Å². The van der Waals surface area contributed by atoms with Crippen LogP contribution < -0.4 is 5.32 Å². The van der Waals surface area contributed by atoms with Crippen molar-refractivity contribution in [3.63, 3.8) is 0 Å². The van der Waals surface area contributed by atoms with Gasteiger partial charge in [0.05, 0.1) is 16.8 Å². The second kappa shape index (κ2) is 6.18. The van der Waals surface area contributed by atoms with Crippen LogP contribution in [-0.2, 0) is 0 Å². The van der Waals surface area contributed by atoms with Crippen LogP contribution in [0.3, 0.4) is 0 Å². The normalized spacial score (nSPS) is 10.7. The average molecular weight is 420 g/mol. The van der Waals surface area contributed by atoms with E-state index in [2.05, 4.69) is 42.2 Å². The molecular formula is C17H12Br2N2O. The molecule has 0 spiro atoms. The van der Waals surface area contributed by atoms with Crippen LogP contribution in [0.2, 0.25) is 0 Å². The second-order valence-electron chi connectivity index (χ2n) is 4.91. The summed E-state index contributed by atoms with van der Waals surface area (Å²) in [6.45, 7) is 1.89. The summed E-state index contributed by atoms with van der Waals surface area (Å²) in [6.07, 6.45) is 0. The number of hydrogen-bond donors (Lipinski definition) is 1. The Bertz CT molecular complexity index is 878. The highest BCUT2D eigenvalue weighted by Crippen LogP contribution is 2.27. The van der Waals surface area contributed by atoms with E-state index in [1.807, 2.05) is 55.5 Å². The van der Waals surface area contributed by atoms with Gasteiger partial charge >= 0.3 is 0 Å². The van der Waals surface area contributed by atoms with Crippen LogP contribution in [0.15, 0.2) is 57.5 Å². The number of aromatic nitrogens is 1. The minimum Gasteiger partial charge on any atom is -0.321 e. The molecule has 0 atom stereocenters. The van der Waals surface area contributed by atoms with E-state index in [1.54, 1.807) is 0 Å². The van der Waals surface area contributed by atoms with Gasteiger partial charge in [-0.05, 0) is 53.2 Å². The van der Waals surface area contributed by atoms with Gasteiger partial charge < -0.3 is 5.32 Å². The van der Waals surface area contributed by atoms with Gasteiger partial charge in [-0.2, -0.15) is 0 Å². The Kier molecular flexibility index (Phi) is 4.27. The lowest BCUT2D eigenvalue weighted by molar-refractivity contribution is 0.102. The maximum atomic E-state index is 12.6. The summed E-state index contributed by atoms with van der Waals surface area (Å²) in [5.74, 6) is -0.148. The number of aryl methyl sites for hydroxylation is 1. The number of fused-ring (bicyclic) bond motifs is 1. The average Bonchev–Trinajstić information content (AvgIpc) is 2.49. The SMILES string of the molecule is Cc1cc(C(=O)Nc2ccc(Br)cc2Br)c2ccccc2n1. The van der Waals surface area contributed by atoms with Crippen molar-refractivity contribution in [2.24, 2.45) is 0 Å². The molecule has 0 aliphatic heterocycles. The van der Waals surface area contributed by atoms with Crippen molar-refractivity contribution in [1.29, 1.82) is 0 Å². The molecule has 0 unspecified atom stereocenters. The summed E-state index contributed by atoms with van der Waals surface area (Å²) < 4.78 is 1.77. The molecule has 1 amide bonds. The van der Waals surface area contributed by atoms with E-state index in [-0.39, 0.29) is 5.91 Å². The lowest BCUT2D eigenvalue weighted by atomic mass is 10.1. The molecule has 3 nitrogen and oxygen atoms in total. The van der Waals surface area contributed by atoms with E-state index in [4.69, 9.17) is 0 Å². The molecule has 3 rings (SSSR count). The van der Waals surface area contributed by atoms with E-state index in [9.17, 15) is 4.79 Å². The van der Waals surface area contributed by atoms with Crippen molar-refractivity contribution in [2.75, 3.05) is 5.32 Å². The van der Waals surface area contributed by atoms with Gasteiger partial charge in [-0.15, -0.1) is 0 Å². The fraction of sp³-hybridized carbons (Fsp3) is 0.0588. The first-order valence-corrected chi connectivity index (χ1v) is 8.26. The molecule has 22 heavy (non-hydrogen) atoms. The molecule has 5 heteroatoms. The molecule has 3 aromatic rings. The smallest absolute Gasteiger partial charge is 0.256 e. The van der Waals surface area contributed by atoms with E-state index < -0.39 is 0 Å². The molecule has 0 saturated carbocycles. The number of carbonyl (C=O) groups excluding carboxylic acids is 1. The zero-order chi connectivity index (χ0) is 15.7. The number of anilines is 1. The number of rotatable bonds is 2. The number of amides is 1. The Balaban J connectivity index is 2.02. The predicted molar refractivity (Wildman–Crippen MR) is 96.3 cm³/mol. The molecule has 0 bridgehead atoms. The molecule has 0 aliphatic rings. The van der Waals surface area contributed by atoms with Crippen LogP contribution in [0.1, 0.15) is 16.1 Å².